The van der Waals surface area contributed by atoms with Crippen molar-refractivity contribution in [2.24, 2.45) is 23.3 Å². The van der Waals surface area contributed by atoms with Crippen molar-refractivity contribution in [3.63, 3.8) is 0 Å². The van der Waals surface area contributed by atoms with Crippen molar-refractivity contribution in [3.05, 3.63) is 35.9 Å². The summed E-state index contributed by atoms with van der Waals surface area (Å²) in [6, 6.07) is 4.96. The first-order valence-electron chi connectivity index (χ1n) is 14.9. The number of benzene rings is 1. The van der Waals surface area contributed by atoms with Gasteiger partial charge in [-0.25, -0.2) is 0 Å². The lowest BCUT2D eigenvalue weighted by Crippen LogP contribution is -2.57. The fraction of sp³-hybridized carbons (Fsp3) is 0.600. The van der Waals surface area contributed by atoms with E-state index in [-0.39, 0.29) is 12.3 Å². The summed E-state index contributed by atoms with van der Waals surface area (Å²) in [4.78, 5) is 75.2. The third kappa shape index (κ3) is 14.9. The minimum atomic E-state index is -1.24. The molecule has 0 saturated heterocycles. The van der Waals surface area contributed by atoms with Crippen LogP contribution in [0.1, 0.15) is 58.9 Å². The summed E-state index contributed by atoms with van der Waals surface area (Å²) in [7, 11) is 0. The number of nitrogens with one attached hydrogen (secondary N) is 5. The summed E-state index contributed by atoms with van der Waals surface area (Å²) in [6.07, 6.45) is 2.04. The summed E-state index contributed by atoms with van der Waals surface area (Å²) in [5.41, 5.74) is 12.3. The Morgan fingerprint density at radius 3 is 1.93 bits per heavy atom. The molecular weight excluding hydrogens is 570 g/mol. The molecule has 4 atom stereocenters. The number of carbonyl (C=O) groups is 6. The molecule has 5 amide bonds. The van der Waals surface area contributed by atoms with Crippen LogP contribution in [0.3, 0.4) is 0 Å². The molecule has 0 radical (unpaired) electrons. The molecular formula is C30H49N7O7. The summed E-state index contributed by atoms with van der Waals surface area (Å²) in [5, 5.41) is 21.6. The molecule has 10 N–H and O–H groups in total. The summed E-state index contributed by atoms with van der Waals surface area (Å²) < 4.78 is 0. The molecule has 1 aromatic rings. The van der Waals surface area contributed by atoms with E-state index in [1.807, 2.05) is 13.8 Å². The Morgan fingerprint density at radius 1 is 0.773 bits per heavy atom. The van der Waals surface area contributed by atoms with Crippen LogP contribution in [0.2, 0.25) is 0 Å². The third-order valence-corrected chi connectivity index (χ3v) is 6.66. The lowest BCUT2D eigenvalue weighted by molar-refractivity contribution is -0.138. The first-order chi connectivity index (χ1) is 20.7. The second-order valence-corrected chi connectivity index (χ2v) is 11.5. The second-order valence-electron chi connectivity index (χ2n) is 11.5. The van der Waals surface area contributed by atoms with Crippen molar-refractivity contribution in [3.8, 4) is 0 Å². The molecule has 0 aromatic heterocycles. The molecule has 246 valence electrons. The zero-order valence-electron chi connectivity index (χ0n) is 26.1. The maximum atomic E-state index is 13.2. The predicted molar refractivity (Wildman–Crippen MR) is 165 cm³/mol. The molecule has 0 fully saturated rings. The van der Waals surface area contributed by atoms with Gasteiger partial charge in [0.25, 0.3) is 0 Å². The molecule has 0 heterocycles. The van der Waals surface area contributed by atoms with Crippen LogP contribution in [0.5, 0.6) is 0 Å². The van der Waals surface area contributed by atoms with Crippen LogP contribution in [0, 0.1) is 11.8 Å². The van der Waals surface area contributed by atoms with Crippen LogP contribution in [0.25, 0.3) is 0 Å². The summed E-state index contributed by atoms with van der Waals surface area (Å²) in [5.74, 6) is -4.51. The Kier molecular flexibility index (Phi) is 17.3. The van der Waals surface area contributed by atoms with E-state index in [1.54, 1.807) is 44.2 Å². The topological polar surface area (TPSA) is 235 Å². The molecule has 1 aromatic carbocycles. The number of hydrogen-bond acceptors (Lipinski definition) is 8. The van der Waals surface area contributed by atoms with Crippen molar-refractivity contribution in [2.45, 2.75) is 84.0 Å². The van der Waals surface area contributed by atoms with Gasteiger partial charge in [0.1, 0.15) is 24.7 Å². The number of hydrogen-bond donors (Lipinski definition) is 8. The van der Waals surface area contributed by atoms with Gasteiger partial charge in [0, 0.05) is 6.42 Å². The van der Waals surface area contributed by atoms with E-state index in [4.69, 9.17) is 16.6 Å². The number of carboxylic acids is 1. The quantitative estimate of drug-likeness (QED) is 0.0848. The average Bonchev–Trinajstić information content (AvgIpc) is 2.96. The molecule has 14 heteroatoms. The van der Waals surface area contributed by atoms with E-state index in [0.29, 0.717) is 32.2 Å². The van der Waals surface area contributed by atoms with Crippen LogP contribution in [0.15, 0.2) is 30.3 Å². The van der Waals surface area contributed by atoms with E-state index in [1.165, 1.54) is 0 Å². The Hall–Kier alpha value is -4.04. The van der Waals surface area contributed by atoms with Crippen molar-refractivity contribution in [1.82, 2.24) is 26.6 Å². The van der Waals surface area contributed by atoms with Crippen LogP contribution in [0.4, 0.5) is 0 Å². The fourth-order valence-electron chi connectivity index (χ4n) is 4.31. The molecule has 44 heavy (non-hydrogen) atoms. The number of carboxylic acid groups (broad SMARTS) is 1. The zero-order valence-corrected chi connectivity index (χ0v) is 26.1. The number of rotatable bonds is 20. The van der Waals surface area contributed by atoms with Crippen molar-refractivity contribution in [2.75, 3.05) is 19.6 Å². The van der Waals surface area contributed by atoms with E-state index < -0.39 is 78.7 Å². The molecule has 0 spiro atoms. The Balaban J connectivity index is 2.89. The molecule has 0 unspecified atom stereocenters. The minimum absolute atomic E-state index is 0.0882. The maximum Gasteiger partial charge on any atom is 0.322 e. The second kappa shape index (κ2) is 20.0. The summed E-state index contributed by atoms with van der Waals surface area (Å²) in [6.45, 7) is 6.58. The van der Waals surface area contributed by atoms with Gasteiger partial charge in [-0.05, 0) is 49.6 Å². The third-order valence-electron chi connectivity index (χ3n) is 6.66. The van der Waals surface area contributed by atoms with Crippen LogP contribution in [-0.2, 0) is 35.2 Å². The largest absolute Gasteiger partial charge is 0.480 e. The van der Waals surface area contributed by atoms with E-state index >= 15 is 0 Å². The van der Waals surface area contributed by atoms with Gasteiger partial charge in [-0.3, -0.25) is 28.8 Å². The highest BCUT2D eigenvalue weighted by atomic mass is 16.4. The van der Waals surface area contributed by atoms with E-state index in [0.717, 1.165) is 5.56 Å². The highest BCUT2D eigenvalue weighted by Crippen LogP contribution is 2.08. The monoisotopic (exact) mass is 619 g/mol. The number of amides is 5. The van der Waals surface area contributed by atoms with Crippen LogP contribution < -0.4 is 38.1 Å². The van der Waals surface area contributed by atoms with Crippen LogP contribution in [-0.4, -0.2) is 84.4 Å². The van der Waals surface area contributed by atoms with Gasteiger partial charge in [0.15, 0.2) is 0 Å². The Labute approximate surface area is 258 Å². The van der Waals surface area contributed by atoms with Gasteiger partial charge in [0.2, 0.25) is 29.5 Å². The summed E-state index contributed by atoms with van der Waals surface area (Å²) >= 11 is 0. The molecule has 0 aliphatic rings. The lowest BCUT2D eigenvalue weighted by atomic mass is 10.0. The Morgan fingerprint density at radius 2 is 1.36 bits per heavy atom. The first-order valence-corrected chi connectivity index (χ1v) is 14.9. The van der Waals surface area contributed by atoms with E-state index in [2.05, 4.69) is 26.6 Å². The van der Waals surface area contributed by atoms with Gasteiger partial charge in [0.05, 0.1) is 12.6 Å². The van der Waals surface area contributed by atoms with Crippen LogP contribution >= 0.6 is 0 Å². The average molecular weight is 620 g/mol. The molecule has 14 nitrogen and oxygen atoms in total. The lowest BCUT2D eigenvalue weighted by Gasteiger charge is -2.25. The first kappa shape index (κ1) is 38.0. The zero-order chi connectivity index (χ0) is 33.2. The van der Waals surface area contributed by atoms with Gasteiger partial charge >= 0.3 is 5.97 Å². The van der Waals surface area contributed by atoms with Crippen molar-refractivity contribution >= 4 is 35.5 Å². The molecule has 0 saturated carbocycles. The number of nitrogens with two attached hydrogens (primary N) is 2. The van der Waals surface area contributed by atoms with Crippen molar-refractivity contribution in [1.29, 1.82) is 0 Å². The normalized spacial score (nSPS) is 13.7. The van der Waals surface area contributed by atoms with Gasteiger partial charge in [-0.15, -0.1) is 0 Å². The molecule has 0 bridgehead atoms. The number of unbranched alkanes of at least 4 members (excludes halogenated alkanes) is 1. The van der Waals surface area contributed by atoms with Gasteiger partial charge in [-0.2, -0.15) is 0 Å². The fourth-order valence-corrected chi connectivity index (χ4v) is 4.31. The van der Waals surface area contributed by atoms with E-state index in [9.17, 15) is 28.8 Å². The predicted octanol–water partition coefficient (Wildman–Crippen LogP) is -0.841. The molecule has 0 aliphatic heterocycles. The SMILES string of the molecule is CC(C)C[C@H](N)C(=O)N[C@@H](CCCCN)C(=O)NCC(=O)N[C@H](C(=O)N[C@@H](Cc1ccccc1)C(=O)NCC(=O)O)C(C)C. The van der Waals surface area contributed by atoms with Crippen molar-refractivity contribution < 1.29 is 33.9 Å². The standard InChI is InChI=1S/C30H49N7O7/c1-18(2)14-21(32)27(41)35-22(12-8-9-13-31)28(42)33-16-24(38)37-26(19(3)4)30(44)36-23(29(43)34-17-25(39)40)15-20-10-6-5-7-11-20/h5-7,10-11,18-19,21-23,26H,8-9,12-17,31-32H2,1-4H3,(H,33,42)(H,34,43)(H,35,41)(H,36,44)(H,37,38)(H,39,40)/t21-,22-,23-,26-/m0/s1. The minimum Gasteiger partial charge on any atom is -0.480 e. The van der Waals surface area contributed by atoms with Gasteiger partial charge in [-0.1, -0.05) is 58.0 Å². The number of aliphatic carboxylic acids is 1. The Bertz CT molecular complexity index is 1100. The molecule has 1 rings (SSSR count). The maximum absolute atomic E-state index is 13.2. The number of carbonyl (C=O) groups excluding carboxylic acids is 5. The molecule has 0 aliphatic carbocycles. The smallest absolute Gasteiger partial charge is 0.322 e. The van der Waals surface area contributed by atoms with Gasteiger partial charge < -0.3 is 43.2 Å². The highest BCUT2D eigenvalue weighted by molar-refractivity contribution is 5.95. The highest BCUT2D eigenvalue weighted by Gasteiger charge is 2.30.